The minimum absolute atomic E-state index is 0.108. The minimum Gasteiger partial charge on any atom is -0.427 e. The Labute approximate surface area is 60.8 Å². The molecule has 1 aliphatic rings. The summed E-state index contributed by atoms with van der Waals surface area (Å²) in [7, 11) is -1.24. The highest BCUT2D eigenvalue weighted by Crippen LogP contribution is 2.29. The molecule has 3 nitrogen and oxygen atoms in total. The number of aliphatic hydroxyl groups is 1. The van der Waals surface area contributed by atoms with Gasteiger partial charge in [0.25, 0.3) is 0 Å². The predicted molar refractivity (Wildman–Crippen MR) is 38.4 cm³/mol. The molecule has 0 aliphatic heterocycles. The van der Waals surface area contributed by atoms with Gasteiger partial charge >= 0.3 is 7.12 Å². The molecular weight excluding hydrogens is 131 g/mol. The van der Waals surface area contributed by atoms with E-state index in [1.807, 2.05) is 0 Å². The molecule has 0 radical (unpaired) electrons. The fraction of sp³-hybridized carbons (Fsp3) is 1.00. The van der Waals surface area contributed by atoms with Crippen LogP contribution < -0.4 is 0 Å². The highest BCUT2D eigenvalue weighted by atomic mass is 16.4. The van der Waals surface area contributed by atoms with E-state index >= 15 is 0 Å². The summed E-state index contributed by atoms with van der Waals surface area (Å²) in [5.74, 6) is -0.108. The molecule has 1 rings (SSSR count). The summed E-state index contributed by atoms with van der Waals surface area (Å²) in [5, 5.41) is 26.6. The van der Waals surface area contributed by atoms with Crippen molar-refractivity contribution in [3.8, 4) is 0 Å². The van der Waals surface area contributed by atoms with Gasteiger partial charge in [-0.05, 0) is 18.7 Å². The lowest BCUT2D eigenvalue weighted by molar-refractivity contribution is 0.123. The number of hydrogen-bond acceptors (Lipinski definition) is 3. The molecule has 0 spiro atoms. The molecule has 0 saturated heterocycles. The Bertz CT molecular complexity index is 107. The van der Waals surface area contributed by atoms with Crippen molar-refractivity contribution in [2.75, 3.05) is 0 Å². The molecule has 0 amide bonds. The first kappa shape index (κ1) is 8.05. The van der Waals surface area contributed by atoms with Gasteiger partial charge in [-0.2, -0.15) is 0 Å². The van der Waals surface area contributed by atoms with Gasteiger partial charge in [0.05, 0.1) is 6.10 Å². The van der Waals surface area contributed by atoms with Crippen molar-refractivity contribution in [2.45, 2.75) is 37.6 Å². The van der Waals surface area contributed by atoms with Crippen LogP contribution in [0.5, 0.6) is 0 Å². The van der Waals surface area contributed by atoms with Crippen LogP contribution in [0.4, 0.5) is 0 Å². The first-order valence-electron chi connectivity index (χ1n) is 3.74. The van der Waals surface area contributed by atoms with E-state index in [0.717, 1.165) is 19.3 Å². The highest BCUT2D eigenvalue weighted by Gasteiger charge is 2.28. The van der Waals surface area contributed by atoms with Crippen molar-refractivity contribution in [3.05, 3.63) is 0 Å². The smallest absolute Gasteiger partial charge is 0.427 e. The van der Waals surface area contributed by atoms with E-state index in [1.165, 1.54) is 0 Å². The molecule has 1 aliphatic carbocycles. The van der Waals surface area contributed by atoms with Crippen LogP contribution in [-0.2, 0) is 0 Å². The lowest BCUT2D eigenvalue weighted by Crippen LogP contribution is -2.27. The molecule has 4 heteroatoms. The van der Waals surface area contributed by atoms with E-state index in [4.69, 9.17) is 15.2 Å². The van der Waals surface area contributed by atoms with Crippen molar-refractivity contribution < 1.29 is 15.2 Å². The van der Waals surface area contributed by atoms with Gasteiger partial charge in [0.15, 0.2) is 0 Å². The van der Waals surface area contributed by atoms with Crippen LogP contribution in [0.1, 0.15) is 25.7 Å². The molecular formula is C6H13BO3. The molecule has 58 valence electrons. The van der Waals surface area contributed by atoms with Gasteiger partial charge in [0.1, 0.15) is 0 Å². The third-order valence-electron chi connectivity index (χ3n) is 2.11. The van der Waals surface area contributed by atoms with Crippen LogP contribution in [0.2, 0.25) is 5.82 Å². The molecule has 0 bridgehead atoms. The van der Waals surface area contributed by atoms with Gasteiger partial charge in [-0.15, -0.1) is 0 Å². The zero-order valence-corrected chi connectivity index (χ0v) is 5.90. The van der Waals surface area contributed by atoms with Crippen LogP contribution in [0.15, 0.2) is 0 Å². The standard InChI is InChI=1S/C6H13BO3/c8-6-3-1-2-5(4-6)7(9)10/h5-6,8-10H,1-4H2. The van der Waals surface area contributed by atoms with E-state index in [1.54, 1.807) is 0 Å². The van der Waals surface area contributed by atoms with Gasteiger partial charge < -0.3 is 15.2 Å². The first-order valence-corrected chi connectivity index (χ1v) is 3.74. The molecule has 1 fully saturated rings. The van der Waals surface area contributed by atoms with Crippen molar-refractivity contribution in [2.24, 2.45) is 0 Å². The lowest BCUT2D eigenvalue weighted by Gasteiger charge is -2.24. The third kappa shape index (κ3) is 1.97. The zero-order valence-electron chi connectivity index (χ0n) is 5.90. The highest BCUT2D eigenvalue weighted by molar-refractivity contribution is 6.43. The Hall–Kier alpha value is -0.0551. The van der Waals surface area contributed by atoms with Gasteiger partial charge in [-0.1, -0.05) is 12.8 Å². The third-order valence-corrected chi connectivity index (χ3v) is 2.11. The second kappa shape index (κ2) is 3.37. The normalized spacial score (nSPS) is 33.9. The second-order valence-electron chi connectivity index (χ2n) is 2.99. The summed E-state index contributed by atoms with van der Waals surface area (Å²) in [6.07, 6.45) is 2.76. The maximum Gasteiger partial charge on any atom is 0.454 e. The van der Waals surface area contributed by atoms with E-state index in [0.29, 0.717) is 6.42 Å². The molecule has 3 N–H and O–H groups in total. The average molecular weight is 144 g/mol. The van der Waals surface area contributed by atoms with Crippen LogP contribution in [0, 0.1) is 0 Å². The van der Waals surface area contributed by atoms with Crippen LogP contribution in [0.3, 0.4) is 0 Å². The Morgan fingerprint density at radius 3 is 2.30 bits per heavy atom. The van der Waals surface area contributed by atoms with E-state index in [-0.39, 0.29) is 11.9 Å². The molecule has 1 saturated carbocycles. The van der Waals surface area contributed by atoms with Gasteiger partial charge in [-0.3, -0.25) is 0 Å². The van der Waals surface area contributed by atoms with Crippen molar-refractivity contribution in [1.82, 2.24) is 0 Å². The zero-order chi connectivity index (χ0) is 7.56. The van der Waals surface area contributed by atoms with Crippen LogP contribution >= 0.6 is 0 Å². The van der Waals surface area contributed by atoms with Crippen molar-refractivity contribution >= 4 is 7.12 Å². The number of aliphatic hydroxyl groups excluding tert-OH is 1. The second-order valence-corrected chi connectivity index (χ2v) is 2.99. The topological polar surface area (TPSA) is 60.7 Å². The van der Waals surface area contributed by atoms with Crippen LogP contribution in [0.25, 0.3) is 0 Å². The quantitative estimate of drug-likeness (QED) is 0.445. The molecule has 2 atom stereocenters. The Morgan fingerprint density at radius 2 is 1.90 bits per heavy atom. The summed E-state index contributed by atoms with van der Waals surface area (Å²) in [4.78, 5) is 0. The summed E-state index contributed by atoms with van der Waals surface area (Å²) in [6, 6.07) is 0. The van der Waals surface area contributed by atoms with E-state index in [2.05, 4.69) is 0 Å². The maximum absolute atomic E-state index is 9.11. The number of rotatable bonds is 1. The van der Waals surface area contributed by atoms with Gasteiger partial charge in [0.2, 0.25) is 0 Å². The predicted octanol–water partition coefficient (Wildman–Crippen LogP) is -0.236. The molecule has 0 aromatic carbocycles. The molecule has 0 heterocycles. The fourth-order valence-corrected chi connectivity index (χ4v) is 1.47. The minimum atomic E-state index is -1.24. The SMILES string of the molecule is OB(O)C1CCCC(O)C1. The lowest BCUT2D eigenvalue weighted by atomic mass is 9.64. The number of hydrogen-bond donors (Lipinski definition) is 3. The monoisotopic (exact) mass is 144 g/mol. The Balaban J connectivity index is 2.32. The molecule has 10 heavy (non-hydrogen) atoms. The van der Waals surface area contributed by atoms with Crippen molar-refractivity contribution in [1.29, 1.82) is 0 Å². The molecule has 0 aromatic rings. The van der Waals surface area contributed by atoms with Crippen LogP contribution in [-0.4, -0.2) is 28.4 Å². The van der Waals surface area contributed by atoms with E-state index in [9.17, 15) is 0 Å². The summed E-state index contributed by atoms with van der Waals surface area (Å²) in [6.45, 7) is 0. The van der Waals surface area contributed by atoms with E-state index < -0.39 is 7.12 Å². The summed E-state index contributed by atoms with van der Waals surface area (Å²) < 4.78 is 0. The average Bonchev–Trinajstić information content (AvgIpc) is 1.88. The van der Waals surface area contributed by atoms with Crippen molar-refractivity contribution in [3.63, 3.8) is 0 Å². The molecule has 2 unspecified atom stereocenters. The van der Waals surface area contributed by atoms with Gasteiger partial charge in [-0.25, -0.2) is 0 Å². The first-order chi connectivity index (χ1) is 4.70. The largest absolute Gasteiger partial charge is 0.454 e. The Morgan fingerprint density at radius 1 is 1.20 bits per heavy atom. The summed E-state index contributed by atoms with van der Waals surface area (Å²) in [5.41, 5.74) is 0. The van der Waals surface area contributed by atoms with Gasteiger partial charge in [0, 0.05) is 0 Å². The maximum atomic E-state index is 9.11. The summed E-state index contributed by atoms with van der Waals surface area (Å²) >= 11 is 0. The fourth-order valence-electron chi connectivity index (χ4n) is 1.47. The Kier molecular flexibility index (Phi) is 2.71. The molecule has 0 aromatic heterocycles.